The second-order valence-electron chi connectivity index (χ2n) is 8.19. The number of hydrogen-bond acceptors (Lipinski definition) is 3. The molecule has 5 nitrogen and oxygen atoms in total. The van der Waals surface area contributed by atoms with Crippen LogP contribution in [0, 0.1) is 6.92 Å². The number of methoxy groups -OCH3 is 1. The van der Waals surface area contributed by atoms with Gasteiger partial charge in [-0.15, -0.1) is 0 Å². The maximum absolute atomic E-state index is 5.86. The number of aromatic nitrogens is 2. The van der Waals surface area contributed by atoms with E-state index >= 15 is 0 Å². The molecule has 166 valence electrons. The van der Waals surface area contributed by atoms with Crippen LogP contribution in [0.1, 0.15) is 34.6 Å². The Balaban J connectivity index is 1.59. The number of para-hydroxylation sites is 1. The van der Waals surface area contributed by atoms with Gasteiger partial charge in [0.1, 0.15) is 5.75 Å². The number of benzene rings is 2. The van der Waals surface area contributed by atoms with E-state index in [4.69, 9.17) is 17.0 Å². The van der Waals surface area contributed by atoms with Crippen molar-refractivity contribution in [2.45, 2.75) is 25.6 Å². The summed E-state index contributed by atoms with van der Waals surface area (Å²) < 4.78 is 7.60. The minimum absolute atomic E-state index is 0.0240. The Bertz CT molecular complexity index is 1250. The molecule has 2 aromatic carbocycles. The number of rotatable bonds is 6. The van der Waals surface area contributed by atoms with E-state index in [1.807, 2.05) is 30.5 Å². The highest BCUT2D eigenvalue weighted by molar-refractivity contribution is 7.80. The van der Waals surface area contributed by atoms with Crippen molar-refractivity contribution >= 4 is 17.3 Å². The molecule has 4 aromatic rings. The summed E-state index contributed by atoms with van der Waals surface area (Å²) in [6.07, 6.45) is 3.96. The number of thiocarbonyl (C=S) groups is 1. The Labute approximate surface area is 199 Å². The van der Waals surface area contributed by atoms with Gasteiger partial charge < -0.3 is 19.5 Å². The molecule has 0 unspecified atom stereocenters. The summed E-state index contributed by atoms with van der Waals surface area (Å²) >= 11 is 5.86. The van der Waals surface area contributed by atoms with Gasteiger partial charge in [-0.25, -0.2) is 0 Å². The smallest absolute Gasteiger partial charge is 0.170 e. The molecule has 1 aliphatic heterocycles. The van der Waals surface area contributed by atoms with Gasteiger partial charge in [-0.3, -0.25) is 4.98 Å². The second-order valence-corrected chi connectivity index (χ2v) is 8.58. The Kier molecular flexibility index (Phi) is 5.84. The monoisotopic (exact) mass is 454 g/mol. The fraction of sp³-hybridized carbons (Fsp3) is 0.185. The van der Waals surface area contributed by atoms with Gasteiger partial charge in [0, 0.05) is 30.3 Å². The van der Waals surface area contributed by atoms with Crippen LogP contribution in [-0.4, -0.2) is 26.7 Å². The molecule has 1 N–H and O–H groups in total. The summed E-state index contributed by atoms with van der Waals surface area (Å²) in [5, 5.41) is 4.28. The van der Waals surface area contributed by atoms with Crippen molar-refractivity contribution < 1.29 is 4.74 Å². The van der Waals surface area contributed by atoms with Gasteiger partial charge in [-0.05, 0) is 72.7 Å². The van der Waals surface area contributed by atoms with Crippen molar-refractivity contribution in [1.82, 2.24) is 19.8 Å². The molecule has 33 heavy (non-hydrogen) atoms. The Morgan fingerprint density at radius 1 is 0.970 bits per heavy atom. The van der Waals surface area contributed by atoms with E-state index in [0.29, 0.717) is 6.54 Å². The van der Waals surface area contributed by atoms with Crippen molar-refractivity contribution in [1.29, 1.82) is 0 Å². The molecule has 5 rings (SSSR count). The number of ether oxygens (including phenoxy) is 1. The summed E-state index contributed by atoms with van der Waals surface area (Å²) in [6.45, 7) is 2.82. The zero-order valence-electron chi connectivity index (χ0n) is 18.7. The van der Waals surface area contributed by atoms with E-state index in [1.165, 1.54) is 22.5 Å². The topological polar surface area (TPSA) is 42.3 Å². The normalized spacial score (nSPS) is 17.8. The molecule has 2 atom stereocenters. The molecule has 2 aromatic heterocycles. The van der Waals surface area contributed by atoms with Gasteiger partial charge in [0.25, 0.3) is 0 Å². The van der Waals surface area contributed by atoms with Crippen molar-refractivity contribution in [3.63, 3.8) is 0 Å². The highest BCUT2D eigenvalue weighted by atomic mass is 32.1. The van der Waals surface area contributed by atoms with Gasteiger partial charge in [-0.2, -0.15) is 0 Å². The molecule has 3 heterocycles. The van der Waals surface area contributed by atoms with E-state index in [1.54, 1.807) is 7.11 Å². The minimum Gasteiger partial charge on any atom is -0.497 e. The van der Waals surface area contributed by atoms with E-state index < -0.39 is 0 Å². The van der Waals surface area contributed by atoms with Crippen molar-refractivity contribution in [2.24, 2.45) is 0 Å². The Morgan fingerprint density at radius 3 is 2.48 bits per heavy atom. The first-order valence-electron chi connectivity index (χ1n) is 11.0. The van der Waals surface area contributed by atoms with Gasteiger partial charge in [0.05, 0.1) is 24.9 Å². The zero-order valence-corrected chi connectivity index (χ0v) is 19.5. The molecule has 1 aliphatic rings. The van der Waals surface area contributed by atoms with Gasteiger partial charge >= 0.3 is 0 Å². The number of aryl methyl sites for hydroxylation is 1. The van der Waals surface area contributed by atoms with Crippen LogP contribution in [0.15, 0.2) is 91.3 Å². The molecular formula is C27H26N4OS. The quantitative estimate of drug-likeness (QED) is 0.397. The SMILES string of the molecule is COc1ccc(CN2C(=S)N[C@H](c3ccccn3)[C@H]2c2cccn2-c2ccccc2C)cc1. The molecular weight excluding hydrogens is 428 g/mol. The third-order valence-electron chi connectivity index (χ3n) is 6.17. The molecule has 0 aliphatic carbocycles. The summed E-state index contributed by atoms with van der Waals surface area (Å²) in [4.78, 5) is 6.93. The molecule has 6 heteroatoms. The molecule has 0 spiro atoms. The predicted molar refractivity (Wildman–Crippen MR) is 134 cm³/mol. The third kappa shape index (κ3) is 4.10. The fourth-order valence-electron chi connectivity index (χ4n) is 4.51. The van der Waals surface area contributed by atoms with E-state index in [2.05, 4.69) is 87.5 Å². The third-order valence-corrected chi connectivity index (χ3v) is 6.52. The van der Waals surface area contributed by atoms with Crippen molar-refractivity contribution in [3.05, 3.63) is 114 Å². The van der Waals surface area contributed by atoms with E-state index in [9.17, 15) is 0 Å². The van der Waals surface area contributed by atoms with Gasteiger partial charge in [0.2, 0.25) is 0 Å². The van der Waals surface area contributed by atoms with Gasteiger partial charge in [0.15, 0.2) is 5.11 Å². The first-order chi connectivity index (χ1) is 16.2. The number of pyridine rings is 1. The summed E-state index contributed by atoms with van der Waals surface area (Å²) in [5.74, 6) is 0.845. The van der Waals surface area contributed by atoms with Crippen molar-refractivity contribution in [3.8, 4) is 11.4 Å². The average molecular weight is 455 g/mol. The van der Waals surface area contributed by atoms with Crippen LogP contribution < -0.4 is 10.1 Å². The highest BCUT2D eigenvalue weighted by Crippen LogP contribution is 2.40. The van der Waals surface area contributed by atoms with E-state index in [-0.39, 0.29) is 12.1 Å². The first-order valence-corrected chi connectivity index (χ1v) is 11.4. The highest BCUT2D eigenvalue weighted by Gasteiger charge is 2.41. The number of nitrogens with one attached hydrogen (secondary N) is 1. The largest absolute Gasteiger partial charge is 0.497 e. The molecule has 1 saturated heterocycles. The lowest BCUT2D eigenvalue weighted by Crippen LogP contribution is -2.30. The van der Waals surface area contributed by atoms with Crippen molar-refractivity contribution in [2.75, 3.05) is 7.11 Å². The van der Waals surface area contributed by atoms with Gasteiger partial charge in [-0.1, -0.05) is 36.4 Å². The molecule has 0 bridgehead atoms. The summed E-state index contributed by atoms with van der Waals surface area (Å²) in [6, 6.07) is 26.8. The standard InChI is InChI=1S/C27H26N4OS/c1-19-8-3-4-10-23(19)30-17-7-11-24(30)26-25(22-9-5-6-16-28-22)29-27(33)31(26)18-20-12-14-21(32-2)15-13-20/h3-17,25-26H,18H2,1-2H3,(H,29,33)/t25-,26-/m1/s1. The number of nitrogens with zero attached hydrogens (tertiary/aromatic N) is 3. The van der Waals surface area contributed by atoms with Crippen LogP contribution in [-0.2, 0) is 6.54 Å². The molecule has 0 saturated carbocycles. The average Bonchev–Trinajstić information content (AvgIpc) is 3.45. The van der Waals surface area contributed by atoms with Crippen LogP contribution in [0.25, 0.3) is 5.69 Å². The van der Waals surface area contributed by atoms with Crippen LogP contribution >= 0.6 is 12.2 Å². The minimum atomic E-state index is -0.0605. The Hall–Kier alpha value is -3.64. The molecule has 0 radical (unpaired) electrons. The maximum atomic E-state index is 5.86. The lowest BCUT2D eigenvalue weighted by Gasteiger charge is -2.29. The predicted octanol–water partition coefficient (Wildman–Crippen LogP) is 5.36. The number of hydrogen-bond donors (Lipinski definition) is 1. The van der Waals surface area contributed by atoms with Crippen LogP contribution in [0.4, 0.5) is 0 Å². The first kappa shape index (κ1) is 21.2. The lowest BCUT2D eigenvalue weighted by atomic mass is 10.0. The Morgan fingerprint density at radius 2 is 1.76 bits per heavy atom. The molecule has 0 amide bonds. The lowest BCUT2D eigenvalue weighted by molar-refractivity contribution is 0.302. The molecule has 1 fully saturated rings. The van der Waals surface area contributed by atoms with Crippen LogP contribution in [0.5, 0.6) is 5.75 Å². The summed E-state index contributed by atoms with van der Waals surface area (Å²) in [7, 11) is 1.68. The maximum Gasteiger partial charge on any atom is 0.170 e. The van der Waals surface area contributed by atoms with Crippen LogP contribution in [0.2, 0.25) is 0 Å². The van der Waals surface area contributed by atoms with E-state index in [0.717, 1.165) is 16.6 Å². The fourth-order valence-corrected chi connectivity index (χ4v) is 4.82. The second kappa shape index (κ2) is 9.08. The summed E-state index contributed by atoms with van der Waals surface area (Å²) in [5.41, 5.74) is 5.69. The van der Waals surface area contributed by atoms with Crippen LogP contribution in [0.3, 0.4) is 0 Å². The zero-order chi connectivity index (χ0) is 22.8.